The fourth-order valence-electron chi connectivity index (χ4n) is 2.04. The highest BCUT2D eigenvalue weighted by molar-refractivity contribution is 5.06. The lowest BCUT2D eigenvalue weighted by molar-refractivity contribution is 0.0694. The Morgan fingerprint density at radius 1 is 1.42 bits per heavy atom. The predicted molar refractivity (Wildman–Crippen MR) is 54.3 cm³/mol. The Kier molecular flexibility index (Phi) is 2.62. The first-order chi connectivity index (χ1) is 5.43. The minimum Gasteiger partial charge on any atom is -0.292 e. The normalized spacial score (nSPS) is 24.9. The van der Waals surface area contributed by atoms with E-state index in [0.29, 0.717) is 11.6 Å². The van der Waals surface area contributed by atoms with Crippen LogP contribution in [0.4, 0.5) is 0 Å². The smallest absolute Gasteiger partial charge is 0.0198 e. The average molecular weight is 167 g/mol. The van der Waals surface area contributed by atoms with Gasteiger partial charge in [0.15, 0.2) is 0 Å². The van der Waals surface area contributed by atoms with Crippen LogP contribution in [0.25, 0.3) is 0 Å². The van der Waals surface area contributed by atoms with Crippen molar-refractivity contribution >= 4 is 0 Å². The fourth-order valence-corrected chi connectivity index (χ4v) is 2.04. The van der Waals surface area contributed by atoms with Gasteiger partial charge in [-0.05, 0) is 40.5 Å². The Labute approximate surface area is 76.5 Å². The van der Waals surface area contributed by atoms with Crippen LogP contribution in [0.3, 0.4) is 0 Å². The van der Waals surface area contributed by atoms with Gasteiger partial charge in [-0.1, -0.05) is 12.2 Å². The van der Waals surface area contributed by atoms with Gasteiger partial charge >= 0.3 is 0 Å². The number of nitrogens with zero attached hydrogens (tertiary/aromatic N) is 1. The molecule has 0 aromatic carbocycles. The summed E-state index contributed by atoms with van der Waals surface area (Å²) >= 11 is 0. The molecule has 0 aromatic rings. The Hall–Kier alpha value is -0.300. The Morgan fingerprint density at radius 3 is 2.42 bits per heavy atom. The maximum Gasteiger partial charge on any atom is 0.0198 e. The van der Waals surface area contributed by atoms with Crippen molar-refractivity contribution < 1.29 is 0 Å². The number of hydrogen-bond donors (Lipinski definition) is 0. The second-order valence-corrected chi connectivity index (χ2v) is 4.78. The molecule has 1 nitrogen and oxygen atoms in total. The second kappa shape index (κ2) is 3.21. The largest absolute Gasteiger partial charge is 0.292 e. The van der Waals surface area contributed by atoms with E-state index in [2.05, 4.69) is 39.2 Å². The van der Waals surface area contributed by atoms with Crippen molar-refractivity contribution in [2.24, 2.45) is 0 Å². The molecule has 1 heteroatoms. The third-order valence-corrected chi connectivity index (χ3v) is 2.89. The molecule has 0 atom stereocenters. The number of piperidine rings is 1. The van der Waals surface area contributed by atoms with E-state index in [1.165, 1.54) is 18.4 Å². The quantitative estimate of drug-likeness (QED) is 0.543. The van der Waals surface area contributed by atoms with Crippen molar-refractivity contribution in [1.29, 1.82) is 0 Å². The van der Waals surface area contributed by atoms with Crippen LogP contribution in [0.5, 0.6) is 0 Å². The summed E-state index contributed by atoms with van der Waals surface area (Å²) in [6.45, 7) is 14.4. The molecule has 12 heavy (non-hydrogen) atoms. The summed E-state index contributed by atoms with van der Waals surface area (Å²) in [5, 5.41) is 0. The van der Waals surface area contributed by atoms with Gasteiger partial charge in [0, 0.05) is 18.1 Å². The minimum atomic E-state index is 0.370. The van der Waals surface area contributed by atoms with Gasteiger partial charge in [-0.15, -0.1) is 0 Å². The summed E-state index contributed by atoms with van der Waals surface area (Å²) in [6.07, 6.45) is 2.46. The number of rotatable bonds is 1. The zero-order valence-electron chi connectivity index (χ0n) is 8.85. The summed E-state index contributed by atoms with van der Waals surface area (Å²) in [7, 11) is 0. The molecule has 0 N–H and O–H groups in total. The van der Waals surface area contributed by atoms with Crippen molar-refractivity contribution in [1.82, 2.24) is 4.90 Å². The summed E-state index contributed by atoms with van der Waals surface area (Å²) in [5.74, 6) is 0. The van der Waals surface area contributed by atoms with Gasteiger partial charge in [0.2, 0.25) is 0 Å². The third kappa shape index (κ3) is 1.89. The Bertz CT molecular complexity index is 179. The van der Waals surface area contributed by atoms with Gasteiger partial charge in [0.1, 0.15) is 0 Å². The summed E-state index contributed by atoms with van der Waals surface area (Å²) in [6, 6.07) is 0.636. The molecule has 1 heterocycles. The number of likely N-dealkylation sites (tertiary alicyclic amines) is 1. The van der Waals surface area contributed by atoms with Crippen molar-refractivity contribution in [3.05, 3.63) is 12.2 Å². The van der Waals surface area contributed by atoms with Crippen LogP contribution in [0.15, 0.2) is 12.2 Å². The maximum atomic E-state index is 4.07. The standard InChI is InChI=1S/C11H21N/c1-9(2)12-8-10(3)6-7-11(12,4)5/h9H,3,6-8H2,1-2,4-5H3. The highest BCUT2D eigenvalue weighted by Gasteiger charge is 2.32. The van der Waals surface area contributed by atoms with E-state index in [-0.39, 0.29) is 0 Å². The molecule has 70 valence electrons. The molecule has 0 bridgehead atoms. The van der Waals surface area contributed by atoms with Crippen molar-refractivity contribution in [3.63, 3.8) is 0 Å². The molecule has 0 spiro atoms. The van der Waals surface area contributed by atoms with Gasteiger partial charge in [-0.3, -0.25) is 4.90 Å². The van der Waals surface area contributed by atoms with Gasteiger partial charge < -0.3 is 0 Å². The van der Waals surface area contributed by atoms with Gasteiger partial charge in [0.25, 0.3) is 0 Å². The lowest BCUT2D eigenvalue weighted by Gasteiger charge is -2.45. The molecular formula is C11H21N. The van der Waals surface area contributed by atoms with E-state index in [1.807, 2.05) is 0 Å². The van der Waals surface area contributed by atoms with Crippen LogP contribution in [-0.4, -0.2) is 23.0 Å². The second-order valence-electron chi connectivity index (χ2n) is 4.78. The highest BCUT2D eigenvalue weighted by atomic mass is 15.2. The van der Waals surface area contributed by atoms with Crippen molar-refractivity contribution in [3.8, 4) is 0 Å². The van der Waals surface area contributed by atoms with Crippen LogP contribution in [-0.2, 0) is 0 Å². The van der Waals surface area contributed by atoms with E-state index in [9.17, 15) is 0 Å². The van der Waals surface area contributed by atoms with Crippen LogP contribution >= 0.6 is 0 Å². The van der Waals surface area contributed by atoms with E-state index < -0.39 is 0 Å². The summed E-state index contributed by atoms with van der Waals surface area (Å²) < 4.78 is 0. The molecule has 1 saturated heterocycles. The summed E-state index contributed by atoms with van der Waals surface area (Å²) in [4.78, 5) is 2.54. The van der Waals surface area contributed by atoms with Crippen molar-refractivity contribution in [2.75, 3.05) is 6.54 Å². The molecule has 0 saturated carbocycles. The maximum absolute atomic E-state index is 4.07. The molecule has 0 unspecified atom stereocenters. The zero-order chi connectivity index (χ0) is 9.35. The summed E-state index contributed by atoms with van der Waals surface area (Å²) in [5.41, 5.74) is 1.76. The SMILES string of the molecule is C=C1CCC(C)(C)N(C(C)C)C1. The van der Waals surface area contributed by atoms with Crippen LogP contribution in [0.1, 0.15) is 40.5 Å². The van der Waals surface area contributed by atoms with Crippen LogP contribution in [0, 0.1) is 0 Å². The first-order valence-corrected chi connectivity index (χ1v) is 4.87. The molecule has 0 amide bonds. The molecule has 1 rings (SSSR count). The average Bonchev–Trinajstić information content (AvgIpc) is 1.94. The molecule has 1 fully saturated rings. The van der Waals surface area contributed by atoms with E-state index in [1.54, 1.807) is 0 Å². The third-order valence-electron chi connectivity index (χ3n) is 2.89. The molecular weight excluding hydrogens is 146 g/mol. The van der Waals surface area contributed by atoms with Crippen LogP contribution < -0.4 is 0 Å². The fraction of sp³-hybridized carbons (Fsp3) is 0.818. The molecule has 1 aliphatic rings. The minimum absolute atomic E-state index is 0.370. The van der Waals surface area contributed by atoms with Gasteiger partial charge in [-0.25, -0.2) is 0 Å². The lowest BCUT2D eigenvalue weighted by atomic mass is 9.87. The first kappa shape index (κ1) is 9.79. The molecule has 1 aliphatic heterocycles. The Morgan fingerprint density at radius 2 is 2.00 bits per heavy atom. The lowest BCUT2D eigenvalue weighted by Crippen LogP contribution is -2.51. The number of hydrogen-bond acceptors (Lipinski definition) is 1. The molecule has 0 aromatic heterocycles. The first-order valence-electron chi connectivity index (χ1n) is 4.87. The van der Waals surface area contributed by atoms with Gasteiger partial charge in [0.05, 0.1) is 0 Å². The Balaban J connectivity index is 2.72. The van der Waals surface area contributed by atoms with E-state index in [4.69, 9.17) is 0 Å². The topological polar surface area (TPSA) is 3.24 Å². The van der Waals surface area contributed by atoms with Crippen LogP contribution in [0.2, 0.25) is 0 Å². The molecule has 0 aliphatic carbocycles. The van der Waals surface area contributed by atoms with E-state index in [0.717, 1.165) is 6.54 Å². The van der Waals surface area contributed by atoms with Gasteiger partial charge in [-0.2, -0.15) is 0 Å². The van der Waals surface area contributed by atoms with Crippen molar-refractivity contribution in [2.45, 2.75) is 52.1 Å². The molecule has 0 radical (unpaired) electrons. The zero-order valence-corrected chi connectivity index (χ0v) is 8.85. The monoisotopic (exact) mass is 167 g/mol. The predicted octanol–water partition coefficient (Wildman–Crippen LogP) is 2.83. The highest BCUT2D eigenvalue weighted by Crippen LogP contribution is 2.30. The van der Waals surface area contributed by atoms with E-state index >= 15 is 0 Å².